The lowest BCUT2D eigenvalue weighted by Crippen LogP contribution is -2.32. The van der Waals surface area contributed by atoms with Crippen LogP contribution in [0.15, 0.2) is 36.5 Å². The van der Waals surface area contributed by atoms with E-state index in [4.69, 9.17) is 23.2 Å². The number of rotatable bonds is 3. The second kappa shape index (κ2) is 5.92. The van der Waals surface area contributed by atoms with E-state index in [1.54, 1.807) is 24.4 Å². The highest BCUT2D eigenvalue weighted by atomic mass is 35.5. The van der Waals surface area contributed by atoms with Crippen molar-refractivity contribution < 1.29 is 4.79 Å². The van der Waals surface area contributed by atoms with Crippen molar-refractivity contribution in [3.8, 4) is 0 Å². The summed E-state index contributed by atoms with van der Waals surface area (Å²) in [6.45, 7) is 1.07. The van der Waals surface area contributed by atoms with Gasteiger partial charge in [-0.2, -0.15) is 0 Å². The third-order valence-corrected chi connectivity index (χ3v) is 4.09. The monoisotopic (exact) mass is 321 g/mol. The minimum absolute atomic E-state index is 0.105. The van der Waals surface area contributed by atoms with Crippen molar-refractivity contribution in [2.75, 3.05) is 23.3 Å². The fraction of sp³-hybridized carbons (Fsp3) is 0.200. The summed E-state index contributed by atoms with van der Waals surface area (Å²) in [4.78, 5) is 18.4. The number of nitrogens with zero attached hydrogens (tertiary/aromatic N) is 2. The molecule has 0 unspecified atom stereocenters. The molecule has 1 N–H and O–H groups in total. The van der Waals surface area contributed by atoms with Crippen LogP contribution in [0.3, 0.4) is 0 Å². The first-order valence-corrected chi connectivity index (χ1v) is 7.33. The predicted octanol–water partition coefficient (Wildman–Crippen LogP) is 3.39. The number of pyridine rings is 1. The second-order valence-corrected chi connectivity index (χ2v) is 5.65. The van der Waals surface area contributed by atoms with Gasteiger partial charge < -0.3 is 10.2 Å². The highest BCUT2D eigenvalue weighted by Crippen LogP contribution is 2.26. The second-order valence-electron chi connectivity index (χ2n) is 4.83. The van der Waals surface area contributed by atoms with Crippen molar-refractivity contribution in [2.24, 2.45) is 0 Å². The van der Waals surface area contributed by atoms with Crippen molar-refractivity contribution in [1.29, 1.82) is 0 Å². The molecule has 0 bridgehead atoms. The number of anilines is 2. The maximum absolute atomic E-state index is 12.1. The van der Waals surface area contributed by atoms with Gasteiger partial charge in [-0.3, -0.25) is 4.79 Å². The number of halogens is 2. The highest BCUT2D eigenvalue weighted by molar-refractivity contribution is 6.42. The van der Waals surface area contributed by atoms with Gasteiger partial charge in [0.1, 0.15) is 5.82 Å². The van der Waals surface area contributed by atoms with Crippen LogP contribution in [0.25, 0.3) is 0 Å². The Balaban J connectivity index is 1.66. The number of aromatic nitrogens is 1. The number of hydrogen-bond acceptors (Lipinski definition) is 3. The molecule has 3 rings (SSSR count). The van der Waals surface area contributed by atoms with Gasteiger partial charge in [0, 0.05) is 18.4 Å². The summed E-state index contributed by atoms with van der Waals surface area (Å²) in [7, 11) is 0. The molecule has 6 heteroatoms. The Morgan fingerprint density at radius 2 is 2.14 bits per heavy atom. The molecule has 0 spiro atoms. The van der Waals surface area contributed by atoms with Gasteiger partial charge >= 0.3 is 0 Å². The van der Waals surface area contributed by atoms with E-state index >= 15 is 0 Å². The fourth-order valence-corrected chi connectivity index (χ4v) is 2.67. The van der Waals surface area contributed by atoms with Crippen LogP contribution in [0.4, 0.5) is 11.5 Å². The number of fused-ring (bicyclic) bond motifs is 1. The Morgan fingerprint density at radius 3 is 2.95 bits per heavy atom. The molecule has 0 saturated carbocycles. The Bertz CT molecular complexity index is 690. The van der Waals surface area contributed by atoms with Gasteiger partial charge in [-0.15, -0.1) is 0 Å². The molecule has 0 radical (unpaired) electrons. The van der Waals surface area contributed by atoms with Crippen LogP contribution in [0.5, 0.6) is 0 Å². The normalized spacial score (nSPS) is 13.1. The number of benzene rings is 1. The molecule has 0 fully saturated rings. The van der Waals surface area contributed by atoms with E-state index in [1.165, 1.54) is 5.56 Å². The SMILES string of the molecule is O=C(CN1CCc2cccnc21)Nc1ccc(Cl)c(Cl)c1. The van der Waals surface area contributed by atoms with Crippen LogP contribution < -0.4 is 10.2 Å². The quantitative estimate of drug-likeness (QED) is 0.942. The largest absolute Gasteiger partial charge is 0.347 e. The summed E-state index contributed by atoms with van der Waals surface area (Å²) in [5.74, 6) is 0.786. The predicted molar refractivity (Wildman–Crippen MR) is 85.2 cm³/mol. The molecule has 1 amide bonds. The van der Waals surface area contributed by atoms with E-state index in [0.29, 0.717) is 15.7 Å². The van der Waals surface area contributed by atoms with Gasteiger partial charge in [-0.1, -0.05) is 29.3 Å². The van der Waals surface area contributed by atoms with E-state index < -0.39 is 0 Å². The van der Waals surface area contributed by atoms with Gasteiger partial charge in [0.05, 0.1) is 16.6 Å². The highest BCUT2D eigenvalue weighted by Gasteiger charge is 2.21. The maximum atomic E-state index is 12.1. The van der Waals surface area contributed by atoms with Gasteiger partial charge in [-0.05, 0) is 36.2 Å². The Hall–Kier alpha value is -1.78. The van der Waals surface area contributed by atoms with E-state index in [0.717, 1.165) is 18.8 Å². The van der Waals surface area contributed by atoms with Crippen LogP contribution in [-0.4, -0.2) is 24.0 Å². The number of nitrogens with one attached hydrogen (secondary N) is 1. The zero-order valence-corrected chi connectivity index (χ0v) is 12.7. The maximum Gasteiger partial charge on any atom is 0.243 e. The fourth-order valence-electron chi connectivity index (χ4n) is 2.37. The van der Waals surface area contributed by atoms with Crippen molar-refractivity contribution in [3.63, 3.8) is 0 Å². The summed E-state index contributed by atoms with van der Waals surface area (Å²) in [5.41, 5.74) is 1.81. The molecule has 21 heavy (non-hydrogen) atoms. The van der Waals surface area contributed by atoms with E-state index in [9.17, 15) is 4.79 Å². The zero-order chi connectivity index (χ0) is 14.8. The van der Waals surface area contributed by atoms with E-state index in [-0.39, 0.29) is 12.5 Å². The minimum Gasteiger partial charge on any atom is -0.347 e. The van der Waals surface area contributed by atoms with Crippen LogP contribution >= 0.6 is 23.2 Å². The molecule has 1 aromatic carbocycles. The summed E-state index contributed by atoms with van der Waals surface area (Å²) < 4.78 is 0. The summed E-state index contributed by atoms with van der Waals surface area (Å²) in [5, 5.41) is 3.70. The van der Waals surface area contributed by atoms with Gasteiger partial charge in [0.25, 0.3) is 0 Å². The summed E-state index contributed by atoms with van der Waals surface area (Å²) >= 11 is 11.8. The minimum atomic E-state index is -0.105. The average Bonchev–Trinajstić information content (AvgIpc) is 2.86. The Morgan fingerprint density at radius 1 is 1.29 bits per heavy atom. The molecule has 0 atom stereocenters. The number of amides is 1. The molecule has 0 saturated heterocycles. The van der Waals surface area contributed by atoms with Crippen molar-refractivity contribution in [2.45, 2.75) is 6.42 Å². The smallest absolute Gasteiger partial charge is 0.243 e. The molecule has 108 valence electrons. The number of carbonyl (C=O) groups is 1. The molecule has 1 aliphatic rings. The standard InChI is InChI=1S/C15H13Cl2N3O/c16-12-4-3-11(8-13(12)17)19-14(21)9-20-7-5-10-2-1-6-18-15(10)20/h1-4,6,8H,5,7,9H2,(H,19,21). The first-order chi connectivity index (χ1) is 10.1. The third kappa shape index (κ3) is 3.12. The lowest BCUT2D eigenvalue weighted by molar-refractivity contribution is -0.115. The molecule has 1 aromatic heterocycles. The number of hydrogen-bond donors (Lipinski definition) is 1. The van der Waals surface area contributed by atoms with E-state index in [1.807, 2.05) is 17.0 Å². The Kier molecular flexibility index (Phi) is 3.99. The van der Waals surface area contributed by atoms with Crippen molar-refractivity contribution in [3.05, 3.63) is 52.1 Å². The molecule has 4 nitrogen and oxygen atoms in total. The molecule has 1 aliphatic heterocycles. The first kappa shape index (κ1) is 14.2. The third-order valence-electron chi connectivity index (χ3n) is 3.36. The Labute approximate surface area is 132 Å². The first-order valence-electron chi connectivity index (χ1n) is 6.57. The molecule has 0 aliphatic carbocycles. The summed E-state index contributed by atoms with van der Waals surface area (Å²) in [6.07, 6.45) is 2.66. The molecular formula is C15H13Cl2N3O. The molecular weight excluding hydrogens is 309 g/mol. The van der Waals surface area contributed by atoms with Crippen molar-refractivity contribution in [1.82, 2.24) is 4.98 Å². The molecule has 2 aromatic rings. The van der Waals surface area contributed by atoms with Crippen molar-refractivity contribution >= 4 is 40.6 Å². The van der Waals surface area contributed by atoms with Crippen LogP contribution in [0.1, 0.15) is 5.56 Å². The summed E-state index contributed by atoms with van der Waals surface area (Å²) in [6, 6.07) is 8.98. The average molecular weight is 322 g/mol. The topological polar surface area (TPSA) is 45.2 Å². The zero-order valence-electron chi connectivity index (χ0n) is 11.1. The number of carbonyl (C=O) groups excluding carboxylic acids is 1. The molecule has 2 heterocycles. The lowest BCUT2D eigenvalue weighted by atomic mass is 10.2. The van der Waals surface area contributed by atoms with Crippen LogP contribution in [0.2, 0.25) is 10.0 Å². The van der Waals surface area contributed by atoms with Gasteiger partial charge in [0.2, 0.25) is 5.91 Å². The van der Waals surface area contributed by atoms with Gasteiger partial charge in [-0.25, -0.2) is 4.98 Å². The lowest BCUT2D eigenvalue weighted by Gasteiger charge is -2.17. The van der Waals surface area contributed by atoms with Crippen LogP contribution in [-0.2, 0) is 11.2 Å². The van der Waals surface area contributed by atoms with Gasteiger partial charge in [0.15, 0.2) is 0 Å². The van der Waals surface area contributed by atoms with Crippen LogP contribution in [0, 0.1) is 0 Å². The van der Waals surface area contributed by atoms with E-state index in [2.05, 4.69) is 10.3 Å².